The summed E-state index contributed by atoms with van der Waals surface area (Å²) in [5.74, 6) is 2.48. The van der Waals surface area contributed by atoms with E-state index in [1.165, 1.54) is 0 Å². The molecule has 3 nitrogen and oxygen atoms in total. The standard InChI is InChI=1S/C12H15NO2/c1-2-9-3-5-10(6-4-9)12(15)11(14)7-8-13/h1,3-6,11-12,14-15H,7-8,13H2. The third kappa shape index (κ3) is 3.07. The Morgan fingerprint density at radius 2 is 1.87 bits per heavy atom. The molecule has 1 aromatic rings. The molecule has 0 fully saturated rings. The number of hydrogen-bond acceptors (Lipinski definition) is 3. The van der Waals surface area contributed by atoms with Gasteiger partial charge in [0, 0.05) is 5.56 Å². The van der Waals surface area contributed by atoms with E-state index in [-0.39, 0.29) is 0 Å². The highest BCUT2D eigenvalue weighted by Gasteiger charge is 2.16. The van der Waals surface area contributed by atoms with E-state index in [4.69, 9.17) is 12.2 Å². The minimum Gasteiger partial charge on any atom is -0.390 e. The van der Waals surface area contributed by atoms with Gasteiger partial charge in [0.15, 0.2) is 0 Å². The van der Waals surface area contributed by atoms with Gasteiger partial charge in [0.2, 0.25) is 0 Å². The second kappa shape index (κ2) is 5.52. The highest BCUT2D eigenvalue weighted by Crippen LogP contribution is 2.18. The molecule has 0 radical (unpaired) electrons. The van der Waals surface area contributed by atoms with Gasteiger partial charge in [-0.2, -0.15) is 0 Å². The third-order valence-electron chi connectivity index (χ3n) is 2.25. The van der Waals surface area contributed by atoms with Crippen molar-refractivity contribution in [1.82, 2.24) is 0 Å². The number of rotatable bonds is 4. The molecule has 2 unspecified atom stereocenters. The van der Waals surface area contributed by atoms with E-state index in [1.807, 2.05) is 0 Å². The van der Waals surface area contributed by atoms with Gasteiger partial charge in [-0.15, -0.1) is 6.42 Å². The Bertz CT molecular complexity index is 340. The second-order valence-electron chi connectivity index (χ2n) is 3.36. The number of aliphatic hydroxyl groups is 2. The van der Waals surface area contributed by atoms with Crippen LogP contribution in [0.15, 0.2) is 24.3 Å². The molecule has 3 heteroatoms. The maximum absolute atomic E-state index is 9.73. The summed E-state index contributed by atoms with van der Waals surface area (Å²) >= 11 is 0. The largest absolute Gasteiger partial charge is 0.390 e. The first-order valence-corrected chi connectivity index (χ1v) is 4.81. The summed E-state index contributed by atoms with van der Waals surface area (Å²) in [7, 11) is 0. The average molecular weight is 205 g/mol. The van der Waals surface area contributed by atoms with E-state index >= 15 is 0 Å². The van der Waals surface area contributed by atoms with Gasteiger partial charge in [-0.3, -0.25) is 0 Å². The summed E-state index contributed by atoms with van der Waals surface area (Å²) in [4.78, 5) is 0. The first-order chi connectivity index (χ1) is 7.19. The Labute approximate surface area is 89.5 Å². The predicted molar refractivity (Wildman–Crippen MR) is 59.0 cm³/mol. The molecular weight excluding hydrogens is 190 g/mol. The van der Waals surface area contributed by atoms with Crippen LogP contribution in [0.5, 0.6) is 0 Å². The zero-order valence-electron chi connectivity index (χ0n) is 8.43. The number of benzene rings is 1. The molecule has 4 N–H and O–H groups in total. The van der Waals surface area contributed by atoms with Crippen LogP contribution in [0.2, 0.25) is 0 Å². The SMILES string of the molecule is C#Cc1ccc(C(O)C(O)CCN)cc1. The summed E-state index contributed by atoms with van der Waals surface area (Å²) in [6.45, 7) is 0.348. The van der Waals surface area contributed by atoms with Crippen molar-refractivity contribution in [3.05, 3.63) is 35.4 Å². The van der Waals surface area contributed by atoms with Crippen molar-refractivity contribution in [2.75, 3.05) is 6.54 Å². The van der Waals surface area contributed by atoms with Crippen LogP contribution in [-0.2, 0) is 0 Å². The van der Waals surface area contributed by atoms with Crippen molar-refractivity contribution in [3.63, 3.8) is 0 Å². The molecule has 15 heavy (non-hydrogen) atoms. The first-order valence-electron chi connectivity index (χ1n) is 4.81. The lowest BCUT2D eigenvalue weighted by Gasteiger charge is -2.17. The molecule has 0 aliphatic heterocycles. The van der Waals surface area contributed by atoms with E-state index in [9.17, 15) is 10.2 Å². The molecule has 0 aliphatic carbocycles. The number of terminal acetylenes is 1. The van der Waals surface area contributed by atoms with Crippen LogP contribution in [0, 0.1) is 12.3 Å². The molecule has 0 saturated carbocycles. The summed E-state index contributed by atoms with van der Waals surface area (Å²) < 4.78 is 0. The molecule has 1 rings (SSSR count). The fourth-order valence-electron chi connectivity index (χ4n) is 1.33. The van der Waals surface area contributed by atoms with Crippen molar-refractivity contribution in [2.45, 2.75) is 18.6 Å². The van der Waals surface area contributed by atoms with Gasteiger partial charge in [-0.05, 0) is 30.7 Å². The number of nitrogens with two attached hydrogens (primary N) is 1. The van der Waals surface area contributed by atoms with Crippen LogP contribution in [-0.4, -0.2) is 22.9 Å². The maximum atomic E-state index is 9.73. The van der Waals surface area contributed by atoms with E-state index in [0.29, 0.717) is 18.5 Å². The Morgan fingerprint density at radius 3 is 2.33 bits per heavy atom. The third-order valence-corrected chi connectivity index (χ3v) is 2.25. The van der Waals surface area contributed by atoms with Gasteiger partial charge in [0.1, 0.15) is 6.10 Å². The summed E-state index contributed by atoms with van der Waals surface area (Å²) in [6.07, 6.45) is 3.85. The smallest absolute Gasteiger partial charge is 0.105 e. The van der Waals surface area contributed by atoms with E-state index in [2.05, 4.69) is 5.92 Å². The quantitative estimate of drug-likeness (QED) is 0.624. The molecule has 1 aromatic carbocycles. The van der Waals surface area contributed by atoms with Gasteiger partial charge in [-0.1, -0.05) is 18.1 Å². The fourth-order valence-corrected chi connectivity index (χ4v) is 1.33. The Balaban J connectivity index is 2.74. The Hall–Kier alpha value is -1.34. The average Bonchev–Trinajstić information content (AvgIpc) is 2.28. The number of hydrogen-bond donors (Lipinski definition) is 3. The van der Waals surface area contributed by atoms with Crippen molar-refractivity contribution in [3.8, 4) is 12.3 Å². The molecule has 0 bridgehead atoms. The molecule has 0 amide bonds. The monoisotopic (exact) mass is 205 g/mol. The second-order valence-corrected chi connectivity index (χ2v) is 3.36. The lowest BCUT2D eigenvalue weighted by molar-refractivity contribution is 0.0150. The van der Waals surface area contributed by atoms with Crippen molar-refractivity contribution in [1.29, 1.82) is 0 Å². The van der Waals surface area contributed by atoms with Crippen LogP contribution < -0.4 is 5.73 Å². The van der Waals surface area contributed by atoms with Gasteiger partial charge >= 0.3 is 0 Å². The van der Waals surface area contributed by atoms with Crippen LogP contribution in [0.4, 0.5) is 0 Å². The lowest BCUT2D eigenvalue weighted by atomic mass is 10.0. The topological polar surface area (TPSA) is 66.5 Å². The molecule has 0 saturated heterocycles. The molecule has 0 spiro atoms. The van der Waals surface area contributed by atoms with Crippen LogP contribution in [0.1, 0.15) is 23.7 Å². The molecule has 0 aromatic heterocycles. The zero-order valence-corrected chi connectivity index (χ0v) is 8.43. The van der Waals surface area contributed by atoms with Gasteiger partial charge in [0.25, 0.3) is 0 Å². The molecule has 0 aliphatic rings. The van der Waals surface area contributed by atoms with Crippen molar-refractivity contribution in [2.24, 2.45) is 5.73 Å². The highest BCUT2D eigenvalue weighted by atomic mass is 16.3. The molecule has 80 valence electrons. The normalized spacial score (nSPS) is 14.3. The van der Waals surface area contributed by atoms with Crippen LogP contribution >= 0.6 is 0 Å². The van der Waals surface area contributed by atoms with E-state index in [1.54, 1.807) is 24.3 Å². The Kier molecular flexibility index (Phi) is 4.32. The summed E-state index contributed by atoms with van der Waals surface area (Å²) in [6, 6.07) is 6.88. The van der Waals surface area contributed by atoms with Gasteiger partial charge < -0.3 is 15.9 Å². The molecular formula is C12H15NO2. The zero-order chi connectivity index (χ0) is 11.3. The van der Waals surface area contributed by atoms with E-state index < -0.39 is 12.2 Å². The minimum absolute atomic E-state index is 0.348. The van der Waals surface area contributed by atoms with Crippen molar-refractivity contribution < 1.29 is 10.2 Å². The van der Waals surface area contributed by atoms with Crippen molar-refractivity contribution >= 4 is 0 Å². The fraction of sp³-hybridized carbons (Fsp3) is 0.333. The summed E-state index contributed by atoms with van der Waals surface area (Å²) in [5, 5.41) is 19.3. The Morgan fingerprint density at radius 1 is 1.27 bits per heavy atom. The van der Waals surface area contributed by atoms with Gasteiger partial charge in [-0.25, -0.2) is 0 Å². The van der Waals surface area contributed by atoms with Crippen LogP contribution in [0.25, 0.3) is 0 Å². The minimum atomic E-state index is -0.902. The summed E-state index contributed by atoms with van der Waals surface area (Å²) in [5.41, 5.74) is 6.69. The highest BCUT2D eigenvalue weighted by molar-refractivity contribution is 5.35. The maximum Gasteiger partial charge on any atom is 0.105 e. The van der Waals surface area contributed by atoms with Gasteiger partial charge in [0.05, 0.1) is 6.10 Å². The predicted octanol–water partition coefficient (Wildman–Crippen LogP) is 0.411. The van der Waals surface area contributed by atoms with Crippen LogP contribution in [0.3, 0.4) is 0 Å². The molecule has 2 atom stereocenters. The number of aliphatic hydroxyl groups excluding tert-OH is 2. The van der Waals surface area contributed by atoms with E-state index in [0.717, 1.165) is 5.56 Å². The molecule has 0 heterocycles. The lowest BCUT2D eigenvalue weighted by Crippen LogP contribution is -2.21. The first kappa shape index (κ1) is 11.7.